The first-order valence-electron chi connectivity index (χ1n) is 6.83. The van der Waals surface area contributed by atoms with E-state index in [4.69, 9.17) is 16.3 Å². The summed E-state index contributed by atoms with van der Waals surface area (Å²) in [6, 6.07) is 11.0. The Bertz CT molecular complexity index is 794. The Morgan fingerprint density at radius 1 is 1.36 bits per heavy atom. The van der Waals surface area contributed by atoms with E-state index in [1.54, 1.807) is 6.92 Å². The number of benzene rings is 1. The lowest BCUT2D eigenvalue weighted by Gasteiger charge is -2.24. The molecule has 0 saturated heterocycles. The van der Waals surface area contributed by atoms with Crippen LogP contribution in [0.3, 0.4) is 0 Å². The zero-order chi connectivity index (χ0) is 15.7. The first kappa shape index (κ1) is 15.1. The Kier molecular flexibility index (Phi) is 3.97. The topological polar surface area (TPSA) is 68.3 Å². The van der Waals surface area contributed by atoms with E-state index in [0.717, 1.165) is 5.56 Å². The monoisotopic (exact) mass is 338 g/mol. The van der Waals surface area contributed by atoms with Crippen LogP contribution in [0.4, 0.5) is 5.82 Å². The minimum Gasteiger partial charge on any atom is -0.487 e. The van der Waals surface area contributed by atoms with Gasteiger partial charge in [-0.3, -0.25) is 0 Å². The molecule has 1 aromatic heterocycles. The average molecular weight is 339 g/mol. The third-order valence-corrected chi connectivity index (χ3v) is 5.90. The Labute approximate surface area is 134 Å². The van der Waals surface area contributed by atoms with Crippen LogP contribution in [0.15, 0.2) is 41.3 Å². The molecular weight excluding hydrogens is 324 g/mol. The third kappa shape index (κ3) is 2.76. The maximum Gasteiger partial charge on any atom is 0.190 e. The van der Waals surface area contributed by atoms with Gasteiger partial charge in [0, 0.05) is 12.6 Å². The second-order valence-corrected chi connectivity index (χ2v) is 7.82. The van der Waals surface area contributed by atoms with Gasteiger partial charge in [0.25, 0.3) is 0 Å². The molecule has 7 heteroatoms. The number of fused-ring (bicyclic) bond motifs is 1. The minimum absolute atomic E-state index is 0.0894. The lowest BCUT2D eigenvalue weighted by Crippen LogP contribution is -2.33. The van der Waals surface area contributed by atoms with Crippen molar-refractivity contribution in [2.24, 2.45) is 0 Å². The Morgan fingerprint density at radius 3 is 2.82 bits per heavy atom. The molecule has 3 rings (SSSR count). The van der Waals surface area contributed by atoms with Gasteiger partial charge in [0.05, 0.1) is 5.25 Å². The third-order valence-electron chi connectivity index (χ3n) is 3.52. The number of ether oxygens (including phenoxy) is 1. The number of anilines is 1. The van der Waals surface area contributed by atoms with E-state index in [-0.39, 0.29) is 28.2 Å². The van der Waals surface area contributed by atoms with Crippen molar-refractivity contribution >= 4 is 27.3 Å². The Morgan fingerprint density at radius 2 is 2.09 bits per heavy atom. The number of nitrogens with one attached hydrogen (secondary N) is 1. The van der Waals surface area contributed by atoms with Crippen LogP contribution in [0.5, 0.6) is 5.75 Å². The maximum absolute atomic E-state index is 12.5. The summed E-state index contributed by atoms with van der Waals surface area (Å²) in [5.74, 6) is 0.492. The molecular formula is C15H15ClN2O3S. The molecule has 0 spiro atoms. The highest BCUT2D eigenvalue weighted by Gasteiger charge is 2.35. The summed E-state index contributed by atoms with van der Waals surface area (Å²) in [5.41, 5.74) is 0.943. The van der Waals surface area contributed by atoms with Gasteiger partial charge in [0.1, 0.15) is 17.5 Å². The zero-order valence-electron chi connectivity index (χ0n) is 11.9. The standard InChI is InChI=1S/C15H15ClN2O3S/c1-10-8-17-15-14(22(10,19)20)12(7-13(16)18-15)21-9-11-5-3-2-4-6-11/h2-7,10H,8-9H2,1H3,(H,17,18). The van der Waals surface area contributed by atoms with Crippen molar-refractivity contribution in [3.8, 4) is 5.75 Å². The predicted molar refractivity (Wildman–Crippen MR) is 85.2 cm³/mol. The second kappa shape index (κ2) is 5.78. The summed E-state index contributed by atoms with van der Waals surface area (Å²) in [7, 11) is -3.48. The van der Waals surface area contributed by atoms with Gasteiger partial charge in [-0.1, -0.05) is 41.9 Å². The highest BCUT2D eigenvalue weighted by Crippen LogP contribution is 2.37. The maximum atomic E-state index is 12.5. The van der Waals surface area contributed by atoms with Crippen molar-refractivity contribution in [2.45, 2.75) is 23.7 Å². The van der Waals surface area contributed by atoms with Crippen molar-refractivity contribution in [2.75, 3.05) is 11.9 Å². The van der Waals surface area contributed by atoms with E-state index in [1.807, 2.05) is 30.3 Å². The normalized spacial score (nSPS) is 19.1. The number of halogens is 1. The van der Waals surface area contributed by atoms with Crippen molar-refractivity contribution in [3.05, 3.63) is 47.1 Å². The number of sulfone groups is 1. The molecule has 5 nitrogen and oxygen atoms in total. The molecule has 1 aliphatic rings. The van der Waals surface area contributed by atoms with E-state index < -0.39 is 15.1 Å². The van der Waals surface area contributed by atoms with Crippen LogP contribution in [-0.2, 0) is 16.4 Å². The summed E-state index contributed by atoms with van der Waals surface area (Å²) in [6.07, 6.45) is 0. The van der Waals surface area contributed by atoms with Gasteiger partial charge in [0.15, 0.2) is 20.6 Å². The molecule has 2 heterocycles. The number of rotatable bonds is 3. The molecule has 2 aromatic rings. The quantitative estimate of drug-likeness (QED) is 0.871. The van der Waals surface area contributed by atoms with Gasteiger partial charge in [-0.25, -0.2) is 13.4 Å². The van der Waals surface area contributed by atoms with E-state index >= 15 is 0 Å². The summed E-state index contributed by atoms with van der Waals surface area (Å²) in [6.45, 7) is 2.22. The number of hydrogen-bond donors (Lipinski definition) is 1. The number of pyridine rings is 1. The molecule has 1 unspecified atom stereocenters. The molecule has 0 aliphatic carbocycles. The lowest BCUT2D eigenvalue weighted by molar-refractivity contribution is 0.297. The molecule has 1 aliphatic heterocycles. The Balaban J connectivity index is 1.99. The van der Waals surface area contributed by atoms with Gasteiger partial charge in [-0.05, 0) is 12.5 Å². The number of aromatic nitrogens is 1. The largest absolute Gasteiger partial charge is 0.487 e. The molecule has 1 N–H and O–H groups in total. The SMILES string of the molecule is CC1CNc2nc(Cl)cc(OCc3ccccc3)c2S1(=O)=O. The van der Waals surface area contributed by atoms with Crippen LogP contribution in [0.25, 0.3) is 0 Å². The molecule has 22 heavy (non-hydrogen) atoms. The minimum atomic E-state index is -3.48. The van der Waals surface area contributed by atoms with Crippen LogP contribution in [0.1, 0.15) is 12.5 Å². The molecule has 0 fully saturated rings. The predicted octanol–water partition coefficient (Wildman–Crippen LogP) is 2.90. The van der Waals surface area contributed by atoms with Crippen molar-refractivity contribution in [1.29, 1.82) is 0 Å². The van der Waals surface area contributed by atoms with Gasteiger partial charge in [-0.2, -0.15) is 0 Å². The van der Waals surface area contributed by atoms with Gasteiger partial charge in [-0.15, -0.1) is 0 Å². The van der Waals surface area contributed by atoms with E-state index in [0.29, 0.717) is 6.54 Å². The fourth-order valence-corrected chi connectivity index (χ4v) is 3.94. The Hall–Kier alpha value is -1.79. The van der Waals surface area contributed by atoms with Crippen LogP contribution in [0, 0.1) is 0 Å². The zero-order valence-corrected chi connectivity index (χ0v) is 13.5. The highest BCUT2D eigenvalue weighted by molar-refractivity contribution is 7.92. The molecule has 0 saturated carbocycles. The summed E-state index contributed by atoms with van der Waals surface area (Å²) in [4.78, 5) is 4.14. The number of nitrogens with zero attached hydrogens (tertiary/aromatic N) is 1. The van der Waals surface area contributed by atoms with Gasteiger partial charge >= 0.3 is 0 Å². The molecule has 116 valence electrons. The fraction of sp³-hybridized carbons (Fsp3) is 0.267. The fourth-order valence-electron chi connectivity index (χ4n) is 2.27. The van der Waals surface area contributed by atoms with Gasteiger partial charge in [0.2, 0.25) is 0 Å². The van der Waals surface area contributed by atoms with Crippen LogP contribution in [0.2, 0.25) is 5.15 Å². The summed E-state index contributed by atoms with van der Waals surface area (Å²) in [5, 5.41) is 2.65. The van der Waals surface area contributed by atoms with Crippen molar-refractivity contribution < 1.29 is 13.2 Å². The lowest BCUT2D eigenvalue weighted by atomic mass is 10.2. The van der Waals surface area contributed by atoms with Crippen LogP contribution < -0.4 is 10.1 Å². The smallest absolute Gasteiger partial charge is 0.190 e. The van der Waals surface area contributed by atoms with E-state index in [9.17, 15) is 8.42 Å². The van der Waals surface area contributed by atoms with Gasteiger partial charge < -0.3 is 10.1 Å². The molecule has 1 atom stereocenters. The number of hydrogen-bond acceptors (Lipinski definition) is 5. The molecule has 0 radical (unpaired) electrons. The summed E-state index contributed by atoms with van der Waals surface area (Å²) >= 11 is 5.97. The second-order valence-electron chi connectivity index (χ2n) is 5.13. The first-order valence-corrected chi connectivity index (χ1v) is 8.76. The summed E-state index contributed by atoms with van der Waals surface area (Å²) < 4.78 is 30.8. The van der Waals surface area contributed by atoms with Crippen molar-refractivity contribution in [3.63, 3.8) is 0 Å². The van der Waals surface area contributed by atoms with Crippen LogP contribution >= 0.6 is 11.6 Å². The molecule has 0 amide bonds. The first-order chi connectivity index (χ1) is 10.5. The molecule has 0 bridgehead atoms. The van der Waals surface area contributed by atoms with Crippen molar-refractivity contribution in [1.82, 2.24) is 4.98 Å². The van der Waals surface area contributed by atoms with E-state index in [1.165, 1.54) is 6.07 Å². The van der Waals surface area contributed by atoms with E-state index in [2.05, 4.69) is 10.3 Å². The highest BCUT2D eigenvalue weighted by atomic mass is 35.5. The average Bonchev–Trinajstić information content (AvgIpc) is 2.49. The molecule has 1 aromatic carbocycles. The van der Waals surface area contributed by atoms with Crippen LogP contribution in [-0.4, -0.2) is 25.2 Å².